The van der Waals surface area contributed by atoms with E-state index in [9.17, 15) is 0 Å². The van der Waals surface area contributed by atoms with Crippen LogP contribution in [-0.4, -0.2) is 14.2 Å². The van der Waals surface area contributed by atoms with Gasteiger partial charge >= 0.3 is 0 Å². The third kappa shape index (κ3) is 2.88. The average molecular weight is 342 g/mol. The molecule has 2 nitrogen and oxygen atoms in total. The van der Waals surface area contributed by atoms with Gasteiger partial charge in [-0.1, -0.05) is 48.0 Å². The highest BCUT2D eigenvalue weighted by atomic mass is 16.5. The predicted octanol–water partition coefficient (Wildman–Crippen LogP) is 5.53. The molecule has 2 heteroatoms. The molecule has 0 amide bonds. The van der Waals surface area contributed by atoms with E-state index in [0.29, 0.717) is 0 Å². The van der Waals surface area contributed by atoms with Crippen LogP contribution in [0.4, 0.5) is 0 Å². The van der Waals surface area contributed by atoms with Crippen LogP contribution in [0.15, 0.2) is 66.7 Å². The van der Waals surface area contributed by atoms with Crippen molar-refractivity contribution in [1.29, 1.82) is 0 Å². The second kappa shape index (κ2) is 6.72. The summed E-state index contributed by atoms with van der Waals surface area (Å²) in [7, 11) is 3.42. The lowest BCUT2D eigenvalue weighted by Crippen LogP contribution is -1.90. The van der Waals surface area contributed by atoms with Gasteiger partial charge in [0.05, 0.1) is 14.2 Å². The molecule has 0 atom stereocenters. The Bertz CT molecular complexity index is 964. The van der Waals surface area contributed by atoms with E-state index in [1.165, 1.54) is 39.0 Å². The molecule has 3 aromatic rings. The Morgan fingerprint density at radius 1 is 0.692 bits per heavy atom. The van der Waals surface area contributed by atoms with Crippen molar-refractivity contribution < 1.29 is 9.47 Å². The summed E-state index contributed by atoms with van der Waals surface area (Å²) in [4.78, 5) is 0. The minimum absolute atomic E-state index is 0.878. The first-order valence-corrected chi connectivity index (χ1v) is 8.81. The highest BCUT2D eigenvalue weighted by Gasteiger charge is 2.24. The molecule has 26 heavy (non-hydrogen) atoms. The van der Waals surface area contributed by atoms with Gasteiger partial charge in [-0.2, -0.15) is 0 Å². The molecule has 0 bridgehead atoms. The molecule has 130 valence electrons. The molecule has 0 aliphatic heterocycles. The van der Waals surface area contributed by atoms with Gasteiger partial charge in [0.2, 0.25) is 0 Å². The zero-order valence-electron chi connectivity index (χ0n) is 15.4. The molecule has 0 saturated carbocycles. The van der Waals surface area contributed by atoms with E-state index >= 15 is 0 Å². The fourth-order valence-corrected chi connectivity index (χ4v) is 3.62. The summed E-state index contributed by atoms with van der Waals surface area (Å²) in [6, 6.07) is 23.5. The van der Waals surface area contributed by atoms with Crippen LogP contribution in [0.1, 0.15) is 27.8 Å². The van der Waals surface area contributed by atoms with Crippen LogP contribution < -0.4 is 9.47 Å². The Morgan fingerprint density at radius 3 is 1.96 bits per heavy atom. The van der Waals surface area contributed by atoms with Crippen LogP contribution in [0.2, 0.25) is 0 Å². The summed E-state index contributed by atoms with van der Waals surface area (Å²) >= 11 is 0. The van der Waals surface area contributed by atoms with Crippen LogP contribution in [0.3, 0.4) is 0 Å². The molecular formula is C24H22O2. The molecule has 0 N–H and O–H groups in total. The molecule has 4 rings (SSSR count). The quantitative estimate of drug-likeness (QED) is 0.621. The number of methoxy groups -OCH3 is 2. The molecule has 0 unspecified atom stereocenters. The maximum absolute atomic E-state index is 5.43. The monoisotopic (exact) mass is 342 g/mol. The van der Waals surface area contributed by atoms with Crippen molar-refractivity contribution in [2.45, 2.75) is 13.3 Å². The van der Waals surface area contributed by atoms with Crippen molar-refractivity contribution in [3.63, 3.8) is 0 Å². The molecule has 0 spiro atoms. The van der Waals surface area contributed by atoms with Crippen LogP contribution in [0, 0.1) is 6.92 Å². The van der Waals surface area contributed by atoms with E-state index in [1.54, 1.807) is 14.2 Å². The molecule has 1 aliphatic rings. The summed E-state index contributed by atoms with van der Waals surface area (Å²) in [6.45, 7) is 2.12. The number of fused-ring (bicyclic) bond motifs is 1. The minimum atomic E-state index is 0.878. The summed E-state index contributed by atoms with van der Waals surface area (Å²) in [5, 5.41) is 0. The molecule has 1 aliphatic carbocycles. The number of allylic oxidation sites excluding steroid dienone is 1. The SMILES string of the molecule is COc1ccc(C2=C(c3ccc(C)cc3)c3ccc(OC)cc3C2)cc1. The lowest BCUT2D eigenvalue weighted by molar-refractivity contribution is 0.414. The smallest absolute Gasteiger partial charge is 0.119 e. The van der Waals surface area contributed by atoms with E-state index in [4.69, 9.17) is 9.47 Å². The van der Waals surface area contributed by atoms with Crippen molar-refractivity contribution in [3.8, 4) is 11.5 Å². The molecule has 3 aromatic carbocycles. The van der Waals surface area contributed by atoms with Gasteiger partial charge < -0.3 is 9.47 Å². The van der Waals surface area contributed by atoms with Gasteiger partial charge in [0.25, 0.3) is 0 Å². The lowest BCUT2D eigenvalue weighted by atomic mass is 9.94. The molecule has 0 heterocycles. The van der Waals surface area contributed by atoms with Crippen molar-refractivity contribution in [2.75, 3.05) is 14.2 Å². The molecule has 0 aromatic heterocycles. The predicted molar refractivity (Wildman–Crippen MR) is 107 cm³/mol. The van der Waals surface area contributed by atoms with Crippen LogP contribution in [-0.2, 0) is 6.42 Å². The normalized spacial score (nSPS) is 12.9. The summed E-state index contributed by atoms with van der Waals surface area (Å²) in [6.07, 6.45) is 0.905. The molecular weight excluding hydrogens is 320 g/mol. The maximum atomic E-state index is 5.43. The van der Waals surface area contributed by atoms with Gasteiger partial charge in [-0.15, -0.1) is 0 Å². The van der Waals surface area contributed by atoms with E-state index in [2.05, 4.69) is 55.5 Å². The number of rotatable bonds is 4. The third-order valence-corrected chi connectivity index (χ3v) is 5.03. The van der Waals surface area contributed by atoms with Crippen LogP contribution in [0.5, 0.6) is 11.5 Å². The fourth-order valence-electron chi connectivity index (χ4n) is 3.62. The Labute approximate surface area is 154 Å². The zero-order chi connectivity index (χ0) is 18.1. The topological polar surface area (TPSA) is 18.5 Å². The number of hydrogen-bond donors (Lipinski definition) is 0. The number of aryl methyl sites for hydroxylation is 1. The first-order chi connectivity index (χ1) is 12.7. The van der Waals surface area contributed by atoms with E-state index in [-0.39, 0.29) is 0 Å². The highest BCUT2D eigenvalue weighted by molar-refractivity contribution is 6.03. The highest BCUT2D eigenvalue weighted by Crippen LogP contribution is 2.43. The van der Waals surface area contributed by atoms with Gasteiger partial charge in [-0.05, 0) is 71.0 Å². The average Bonchev–Trinajstić information content (AvgIpc) is 3.07. The van der Waals surface area contributed by atoms with Gasteiger partial charge in [-0.25, -0.2) is 0 Å². The van der Waals surface area contributed by atoms with Crippen molar-refractivity contribution in [1.82, 2.24) is 0 Å². The largest absolute Gasteiger partial charge is 0.497 e. The Hall–Kier alpha value is -3.00. The number of benzene rings is 3. The second-order valence-corrected chi connectivity index (χ2v) is 6.65. The zero-order valence-corrected chi connectivity index (χ0v) is 15.4. The summed E-state index contributed by atoms with van der Waals surface area (Å²) < 4.78 is 10.7. The molecule has 0 radical (unpaired) electrons. The van der Waals surface area contributed by atoms with E-state index in [1.807, 2.05) is 18.2 Å². The lowest BCUT2D eigenvalue weighted by Gasteiger charge is -2.11. The van der Waals surface area contributed by atoms with E-state index < -0.39 is 0 Å². The van der Waals surface area contributed by atoms with Gasteiger partial charge in [-0.3, -0.25) is 0 Å². The van der Waals surface area contributed by atoms with Gasteiger partial charge in [0.15, 0.2) is 0 Å². The molecule has 0 fully saturated rings. The standard InChI is InChI=1S/C24H22O2/c1-16-4-6-18(7-5-16)24-22-13-12-21(26-3)14-19(22)15-23(24)17-8-10-20(25-2)11-9-17/h4-14H,15H2,1-3H3. The maximum Gasteiger partial charge on any atom is 0.119 e. The van der Waals surface area contributed by atoms with Crippen molar-refractivity contribution in [3.05, 3.63) is 94.5 Å². The van der Waals surface area contributed by atoms with E-state index in [0.717, 1.165) is 17.9 Å². The Morgan fingerprint density at radius 2 is 1.31 bits per heavy atom. The van der Waals surface area contributed by atoms with Crippen LogP contribution in [0.25, 0.3) is 11.1 Å². The van der Waals surface area contributed by atoms with Crippen LogP contribution >= 0.6 is 0 Å². The number of hydrogen-bond acceptors (Lipinski definition) is 2. The Kier molecular flexibility index (Phi) is 4.26. The second-order valence-electron chi connectivity index (χ2n) is 6.65. The van der Waals surface area contributed by atoms with Gasteiger partial charge in [0.1, 0.15) is 11.5 Å². The number of ether oxygens (including phenoxy) is 2. The minimum Gasteiger partial charge on any atom is -0.497 e. The first kappa shape index (κ1) is 16.5. The summed E-state index contributed by atoms with van der Waals surface area (Å²) in [5.74, 6) is 1.78. The fraction of sp³-hybridized carbons (Fsp3) is 0.167. The van der Waals surface area contributed by atoms with Crippen molar-refractivity contribution >= 4 is 11.1 Å². The van der Waals surface area contributed by atoms with Crippen molar-refractivity contribution in [2.24, 2.45) is 0 Å². The summed E-state index contributed by atoms with van der Waals surface area (Å²) in [5.41, 5.74) is 9.02. The van der Waals surface area contributed by atoms with Gasteiger partial charge in [0, 0.05) is 0 Å². The molecule has 0 saturated heterocycles. The first-order valence-electron chi connectivity index (χ1n) is 8.81. The third-order valence-electron chi connectivity index (χ3n) is 5.03. The Balaban J connectivity index is 1.88.